The molecular formula is C23H27N3O3. The van der Waals surface area contributed by atoms with Gasteiger partial charge in [0.2, 0.25) is 11.8 Å². The van der Waals surface area contributed by atoms with Crippen LogP contribution in [0.2, 0.25) is 0 Å². The number of amides is 3. The van der Waals surface area contributed by atoms with Gasteiger partial charge in [0.1, 0.15) is 0 Å². The highest BCUT2D eigenvalue weighted by molar-refractivity contribution is 5.94. The van der Waals surface area contributed by atoms with Gasteiger partial charge in [-0.3, -0.25) is 14.4 Å². The summed E-state index contributed by atoms with van der Waals surface area (Å²) in [6.45, 7) is 1.94. The summed E-state index contributed by atoms with van der Waals surface area (Å²) in [7, 11) is 0. The molecule has 0 radical (unpaired) electrons. The van der Waals surface area contributed by atoms with E-state index in [1.165, 1.54) is 0 Å². The van der Waals surface area contributed by atoms with Gasteiger partial charge in [-0.05, 0) is 30.5 Å². The molecule has 0 unspecified atom stereocenters. The Morgan fingerprint density at radius 2 is 1.52 bits per heavy atom. The molecule has 1 heterocycles. The summed E-state index contributed by atoms with van der Waals surface area (Å²) in [4.78, 5) is 39.0. The summed E-state index contributed by atoms with van der Waals surface area (Å²) in [5, 5.41) is 5.76. The first-order valence-electron chi connectivity index (χ1n) is 10.1. The van der Waals surface area contributed by atoms with Gasteiger partial charge in [0.05, 0.1) is 12.5 Å². The molecule has 2 aromatic rings. The van der Waals surface area contributed by atoms with Crippen molar-refractivity contribution in [3.8, 4) is 0 Å². The van der Waals surface area contributed by atoms with E-state index in [2.05, 4.69) is 10.6 Å². The third-order valence-electron chi connectivity index (χ3n) is 5.05. The number of carbonyl (C=O) groups is 3. The van der Waals surface area contributed by atoms with E-state index in [1.54, 1.807) is 24.3 Å². The van der Waals surface area contributed by atoms with Gasteiger partial charge >= 0.3 is 0 Å². The molecule has 0 aromatic heterocycles. The first-order chi connectivity index (χ1) is 14.1. The minimum absolute atomic E-state index is 0.0831. The molecule has 0 aliphatic carbocycles. The van der Waals surface area contributed by atoms with Gasteiger partial charge < -0.3 is 15.5 Å². The molecule has 1 atom stereocenters. The standard InChI is InChI=1S/C23H27N3O3/c27-21(24-14-13-22(28)26-15-7-8-16-26)17-20(18-9-3-1-4-10-18)25-23(29)19-11-5-2-6-12-19/h1-6,9-12,20H,7-8,13-17H2,(H,24,27)(H,25,29)/t20-/m0/s1. The average molecular weight is 393 g/mol. The zero-order chi connectivity index (χ0) is 20.5. The maximum Gasteiger partial charge on any atom is 0.251 e. The predicted molar refractivity (Wildman–Crippen MR) is 111 cm³/mol. The number of nitrogens with zero attached hydrogens (tertiary/aromatic N) is 1. The van der Waals surface area contributed by atoms with E-state index in [0.29, 0.717) is 18.5 Å². The molecule has 1 aliphatic rings. The summed E-state index contributed by atoms with van der Waals surface area (Å²) >= 11 is 0. The highest BCUT2D eigenvalue weighted by Crippen LogP contribution is 2.17. The number of hydrogen-bond acceptors (Lipinski definition) is 3. The smallest absolute Gasteiger partial charge is 0.251 e. The Kier molecular flexibility index (Phi) is 7.39. The van der Waals surface area contributed by atoms with Crippen LogP contribution in [0.15, 0.2) is 60.7 Å². The van der Waals surface area contributed by atoms with Crippen molar-refractivity contribution in [2.45, 2.75) is 31.7 Å². The number of carbonyl (C=O) groups excluding carboxylic acids is 3. The lowest BCUT2D eigenvalue weighted by Gasteiger charge is -2.19. The Balaban J connectivity index is 1.55. The van der Waals surface area contributed by atoms with Crippen LogP contribution in [-0.2, 0) is 9.59 Å². The van der Waals surface area contributed by atoms with E-state index >= 15 is 0 Å². The van der Waals surface area contributed by atoms with E-state index in [0.717, 1.165) is 31.5 Å². The number of rotatable bonds is 8. The Morgan fingerprint density at radius 3 is 2.17 bits per heavy atom. The molecule has 0 bridgehead atoms. The molecule has 6 heteroatoms. The molecule has 3 amide bonds. The summed E-state index contributed by atoms with van der Waals surface area (Å²) in [5.74, 6) is -0.335. The van der Waals surface area contributed by atoms with Gasteiger partial charge in [0.15, 0.2) is 0 Å². The van der Waals surface area contributed by atoms with Crippen LogP contribution in [0.25, 0.3) is 0 Å². The van der Waals surface area contributed by atoms with Gasteiger partial charge in [0, 0.05) is 31.6 Å². The van der Waals surface area contributed by atoms with E-state index in [1.807, 2.05) is 41.3 Å². The fourth-order valence-corrected chi connectivity index (χ4v) is 3.46. The molecule has 2 N–H and O–H groups in total. The highest BCUT2D eigenvalue weighted by Gasteiger charge is 2.20. The minimum atomic E-state index is -0.446. The third kappa shape index (κ3) is 6.17. The molecule has 1 fully saturated rings. The molecule has 3 rings (SSSR count). The van der Waals surface area contributed by atoms with E-state index in [-0.39, 0.29) is 24.1 Å². The van der Waals surface area contributed by atoms with Crippen molar-refractivity contribution in [3.05, 3.63) is 71.8 Å². The first kappa shape index (κ1) is 20.6. The maximum absolute atomic E-state index is 12.6. The quantitative estimate of drug-likeness (QED) is 0.724. The summed E-state index contributed by atoms with van der Waals surface area (Å²) in [6.07, 6.45) is 2.52. The van der Waals surface area contributed by atoms with Crippen LogP contribution < -0.4 is 10.6 Å². The molecule has 0 saturated carbocycles. The lowest BCUT2D eigenvalue weighted by Crippen LogP contribution is -2.36. The predicted octanol–water partition coefficient (Wildman–Crippen LogP) is 2.68. The van der Waals surface area contributed by atoms with Gasteiger partial charge in [0.25, 0.3) is 5.91 Å². The van der Waals surface area contributed by atoms with Crippen LogP contribution in [0.5, 0.6) is 0 Å². The molecular weight excluding hydrogens is 366 g/mol. The zero-order valence-corrected chi connectivity index (χ0v) is 16.5. The fourth-order valence-electron chi connectivity index (χ4n) is 3.46. The Hall–Kier alpha value is -3.15. The minimum Gasteiger partial charge on any atom is -0.356 e. The maximum atomic E-state index is 12.6. The Labute approximate surface area is 171 Å². The molecule has 6 nitrogen and oxygen atoms in total. The van der Waals surface area contributed by atoms with Crippen LogP contribution in [0.4, 0.5) is 0 Å². The van der Waals surface area contributed by atoms with Crippen molar-refractivity contribution in [1.82, 2.24) is 15.5 Å². The number of hydrogen-bond donors (Lipinski definition) is 2. The Morgan fingerprint density at radius 1 is 0.897 bits per heavy atom. The molecule has 29 heavy (non-hydrogen) atoms. The summed E-state index contributed by atoms with van der Waals surface area (Å²) in [6, 6.07) is 17.9. The van der Waals surface area contributed by atoms with Crippen molar-refractivity contribution in [2.75, 3.05) is 19.6 Å². The number of benzene rings is 2. The van der Waals surface area contributed by atoms with Crippen molar-refractivity contribution < 1.29 is 14.4 Å². The van der Waals surface area contributed by atoms with Crippen LogP contribution in [0.1, 0.15) is 47.6 Å². The lowest BCUT2D eigenvalue weighted by molar-refractivity contribution is -0.130. The largest absolute Gasteiger partial charge is 0.356 e. The lowest BCUT2D eigenvalue weighted by atomic mass is 10.0. The number of nitrogens with one attached hydrogen (secondary N) is 2. The number of likely N-dealkylation sites (tertiary alicyclic amines) is 1. The van der Waals surface area contributed by atoms with E-state index in [9.17, 15) is 14.4 Å². The molecule has 0 spiro atoms. The second-order valence-electron chi connectivity index (χ2n) is 7.19. The normalized spacial score (nSPS) is 14.3. The monoisotopic (exact) mass is 393 g/mol. The molecule has 1 saturated heterocycles. The van der Waals surface area contributed by atoms with Gasteiger partial charge in [-0.15, -0.1) is 0 Å². The first-order valence-corrected chi connectivity index (χ1v) is 10.1. The molecule has 1 aliphatic heterocycles. The third-order valence-corrected chi connectivity index (χ3v) is 5.05. The second-order valence-corrected chi connectivity index (χ2v) is 7.19. The topological polar surface area (TPSA) is 78.5 Å². The second kappa shape index (κ2) is 10.4. The molecule has 152 valence electrons. The highest BCUT2D eigenvalue weighted by atomic mass is 16.2. The summed E-state index contributed by atoms with van der Waals surface area (Å²) < 4.78 is 0. The SMILES string of the molecule is O=C(C[C@H](NC(=O)c1ccccc1)c1ccccc1)NCCC(=O)N1CCCC1. The van der Waals surface area contributed by atoms with Gasteiger partial charge in [-0.1, -0.05) is 48.5 Å². The average Bonchev–Trinajstić information content (AvgIpc) is 3.29. The van der Waals surface area contributed by atoms with Gasteiger partial charge in [-0.2, -0.15) is 0 Å². The van der Waals surface area contributed by atoms with Crippen molar-refractivity contribution in [3.63, 3.8) is 0 Å². The molecule has 2 aromatic carbocycles. The van der Waals surface area contributed by atoms with Crippen LogP contribution in [0, 0.1) is 0 Å². The summed E-state index contributed by atoms with van der Waals surface area (Å²) in [5.41, 5.74) is 1.41. The van der Waals surface area contributed by atoms with Crippen molar-refractivity contribution in [1.29, 1.82) is 0 Å². The van der Waals surface area contributed by atoms with Crippen molar-refractivity contribution >= 4 is 17.7 Å². The van der Waals surface area contributed by atoms with Crippen LogP contribution >= 0.6 is 0 Å². The zero-order valence-electron chi connectivity index (χ0n) is 16.5. The van der Waals surface area contributed by atoms with Crippen LogP contribution in [0.3, 0.4) is 0 Å². The van der Waals surface area contributed by atoms with Gasteiger partial charge in [-0.25, -0.2) is 0 Å². The van der Waals surface area contributed by atoms with E-state index < -0.39 is 6.04 Å². The Bertz CT molecular complexity index is 818. The fraction of sp³-hybridized carbons (Fsp3) is 0.348. The van der Waals surface area contributed by atoms with Crippen LogP contribution in [-0.4, -0.2) is 42.3 Å². The van der Waals surface area contributed by atoms with Crippen molar-refractivity contribution in [2.24, 2.45) is 0 Å². The van der Waals surface area contributed by atoms with E-state index in [4.69, 9.17) is 0 Å².